The van der Waals surface area contributed by atoms with Gasteiger partial charge < -0.3 is 26.0 Å². The highest BCUT2D eigenvalue weighted by Gasteiger charge is 2.42. The van der Waals surface area contributed by atoms with Crippen LogP contribution in [0.3, 0.4) is 0 Å². The molecule has 1 aliphatic heterocycles. The summed E-state index contributed by atoms with van der Waals surface area (Å²) in [5.74, 6) is -1.23. The number of nitrogens with one attached hydrogen (secondary N) is 2. The first kappa shape index (κ1) is 36.4. The minimum absolute atomic E-state index is 0.0272. The van der Waals surface area contributed by atoms with Crippen molar-refractivity contribution in [1.29, 1.82) is 0 Å². The lowest BCUT2D eigenvalue weighted by Gasteiger charge is -2.37. The molecule has 4 atom stereocenters. The fourth-order valence-electron chi connectivity index (χ4n) is 5.33. The largest absolute Gasteiger partial charge is 0.444 e. The zero-order valence-corrected chi connectivity index (χ0v) is 27.8. The third kappa shape index (κ3) is 11.3. The van der Waals surface area contributed by atoms with E-state index in [0.717, 1.165) is 25.2 Å². The fraction of sp³-hybridized carbons (Fsp3) is 0.625. The first-order valence-corrected chi connectivity index (χ1v) is 15.9. The fourth-order valence-corrected chi connectivity index (χ4v) is 5.33. The zero-order chi connectivity index (χ0) is 32.5. The van der Waals surface area contributed by atoms with E-state index in [9.17, 15) is 19.2 Å². The number of primary amides is 1. The van der Waals surface area contributed by atoms with Gasteiger partial charge in [0.2, 0.25) is 11.7 Å². The molecule has 9 nitrogen and oxygen atoms in total. The monoisotopic (exact) mass is 638 g/mol. The summed E-state index contributed by atoms with van der Waals surface area (Å²) in [5.41, 5.74) is 7.51. The van der Waals surface area contributed by atoms with Crippen LogP contribution in [0, 0.1) is 17.8 Å². The number of carbonyl (C=O) groups excluding carboxylic acids is 4. The Morgan fingerprint density at radius 2 is 1.56 bits per heavy atom. The van der Waals surface area contributed by atoms with E-state index in [1.54, 1.807) is 20.8 Å². The number of nitrogens with zero attached hydrogens (tertiary/aromatic N) is 1. The minimum atomic E-state index is -1.09. The van der Waals surface area contributed by atoms with Gasteiger partial charge in [-0.25, -0.2) is 4.79 Å². The lowest BCUT2D eigenvalue weighted by molar-refractivity contribution is -0.138. The Kier molecular flexibility index (Phi) is 13.8. The van der Waals surface area contributed by atoms with Gasteiger partial charge in [-0.1, -0.05) is 57.5 Å². The normalized spacial score (nSPS) is 20.7. The Labute approximate surface area is 266 Å². The number of benzene rings is 1. The average Bonchev–Trinajstić information content (AvgIpc) is 3.42. The van der Waals surface area contributed by atoms with Crippen molar-refractivity contribution in [1.82, 2.24) is 15.5 Å². The molecule has 0 bridgehead atoms. The standard InChI is InChI=1S/C27H38N4O5.C4H8.CH2Cl2/c1-15-11-12-31(22(15)25(34)29-16(2)23(32)24(28)33)17(3)21(30-26(35)36-27(4,5)6)20-13-18-9-7-8-10-19(18)14-20;1-4-2-3-4;2-1-3/h7-10,15-16,20-22H,3,11-14H2,1-2,4-6H3,(H2,28,33)(H,29,34)(H,30,35);4H,2-3H2,1H3;1H2/t15-,16?,21?,22?;;/m0../s1. The Morgan fingerprint density at radius 3 is 2.00 bits per heavy atom. The molecule has 4 N–H and O–H groups in total. The van der Waals surface area contributed by atoms with Crippen molar-refractivity contribution in [2.24, 2.45) is 23.5 Å². The minimum Gasteiger partial charge on any atom is -0.444 e. The van der Waals surface area contributed by atoms with Crippen LogP contribution in [-0.4, -0.2) is 64.2 Å². The van der Waals surface area contributed by atoms with E-state index < -0.39 is 41.5 Å². The van der Waals surface area contributed by atoms with Gasteiger partial charge in [-0.15, -0.1) is 23.2 Å². The number of alkyl carbamates (subject to hydrolysis) is 1. The molecule has 3 unspecified atom stereocenters. The molecule has 0 radical (unpaired) electrons. The number of amides is 3. The molecule has 0 aromatic heterocycles. The predicted molar refractivity (Wildman–Crippen MR) is 171 cm³/mol. The first-order chi connectivity index (χ1) is 20.1. The van der Waals surface area contributed by atoms with Crippen LogP contribution in [0.15, 0.2) is 36.5 Å². The maximum atomic E-state index is 13.2. The van der Waals surface area contributed by atoms with Crippen molar-refractivity contribution in [3.8, 4) is 0 Å². The molecule has 1 aromatic rings. The van der Waals surface area contributed by atoms with Gasteiger partial charge in [0, 0.05) is 12.2 Å². The average molecular weight is 640 g/mol. The van der Waals surface area contributed by atoms with Crippen molar-refractivity contribution in [2.75, 3.05) is 11.9 Å². The van der Waals surface area contributed by atoms with Crippen molar-refractivity contribution in [3.05, 3.63) is 47.7 Å². The van der Waals surface area contributed by atoms with Gasteiger partial charge in [0.25, 0.3) is 5.91 Å². The molecule has 2 aliphatic carbocycles. The third-order valence-corrected chi connectivity index (χ3v) is 7.78. The van der Waals surface area contributed by atoms with Crippen molar-refractivity contribution >= 4 is 46.9 Å². The molecule has 0 spiro atoms. The number of halogens is 2. The number of likely N-dealkylation sites (tertiary alicyclic amines) is 1. The summed E-state index contributed by atoms with van der Waals surface area (Å²) < 4.78 is 5.54. The number of fused-ring (bicyclic) bond motifs is 1. The Morgan fingerprint density at radius 1 is 1.05 bits per heavy atom. The number of nitrogens with two attached hydrogens (primary N) is 1. The first-order valence-electron chi connectivity index (χ1n) is 14.9. The van der Waals surface area contributed by atoms with E-state index in [0.29, 0.717) is 12.2 Å². The van der Waals surface area contributed by atoms with Gasteiger partial charge in [0.15, 0.2) is 0 Å². The highest BCUT2D eigenvalue weighted by molar-refractivity contribution is 6.40. The molecule has 43 heavy (non-hydrogen) atoms. The van der Waals surface area contributed by atoms with Crippen molar-refractivity contribution < 1.29 is 23.9 Å². The number of ketones is 1. The van der Waals surface area contributed by atoms with E-state index in [1.165, 1.54) is 30.9 Å². The number of Topliss-reactive ketones (excluding diaryl/α,β-unsaturated/α-hetero) is 1. The SMILES string of the molecule is C=C(C(NC(=O)OC(C)(C)C)C1Cc2ccccc2C1)N1CC[C@H](C)C1C(=O)NC(C)C(=O)C(N)=O.CC1CC1.ClCCl. The molecule has 1 saturated carbocycles. The number of hydrogen-bond acceptors (Lipinski definition) is 6. The van der Waals surface area contributed by atoms with Gasteiger partial charge in [0.05, 0.1) is 17.4 Å². The molecule has 4 rings (SSSR count). The van der Waals surface area contributed by atoms with Crippen LogP contribution in [0.2, 0.25) is 0 Å². The van der Waals surface area contributed by atoms with Gasteiger partial charge in [-0.05, 0) is 75.8 Å². The lowest BCUT2D eigenvalue weighted by atomic mass is 9.92. The van der Waals surface area contributed by atoms with E-state index in [1.807, 2.05) is 24.0 Å². The Balaban J connectivity index is 0.000000819. The van der Waals surface area contributed by atoms with Crippen LogP contribution in [0.4, 0.5) is 4.79 Å². The maximum Gasteiger partial charge on any atom is 0.408 e. The molecule has 1 saturated heterocycles. The van der Waals surface area contributed by atoms with Gasteiger partial charge >= 0.3 is 6.09 Å². The number of rotatable bonds is 8. The van der Waals surface area contributed by atoms with Gasteiger partial charge in [-0.3, -0.25) is 14.4 Å². The van der Waals surface area contributed by atoms with Crippen molar-refractivity contribution in [3.63, 3.8) is 0 Å². The summed E-state index contributed by atoms with van der Waals surface area (Å²) in [7, 11) is 0. The number of hydrogen-bond donors (Lipinski definition) is 3. The molecule has 240 valence electrons. The molecule has 3 amide bonds. The summed E-state index contributed by atoms with van der Waals surface area (Å²) in [5, 5.41) is 5.85. The summed E-state index contributed by atoms with van der Waals surface area (Å²) in [6.07, 6.45) is 4.69. The second-order valence-electron chi connectivity index (χ2n) is 12.7. The van der Waals surface area contributed by atoms with Crippen LogP contribution >= 0.6 is 23.2 Å². The van der Waals surface area contributed by atoms with E-state index in [-0.39, 0.29) is 23.1 Å². The summed E-state index contributed by atoms with van der Waals surface area (Å²) >= 11 is 9.53. The second-order valence-corrected chi connectivity index (χ2v) is 13.5. The number of alkyl halides is 2. The van der Waals surface area contributed by atoms with Crippen LogP contribution in [-0.2, 0) is 32.0 Å². The summed E-state index contributed by atoms with van der Waals surface area (Å²) in [6, 6.07) is 6.09. The smallest absolute Gasteiger partial charge is 0.408 e. The molecule has 11 heteroatoms. The van der Waals surface area contributed by atoms with E-state index in [4.69, 9.17) is 33.7 Å². The van der Waals surface area contributed by atoms with E-state index in [2.05, 4.69) is 36.3 Å². The third-order valence-electron chi connectivity index (χ3n) is 7.78. The maximum absolute atomic E-state index is 13.2. The molecular weight excluding hydrogens is 591 g/mol. The Bertz CT molecular complexity index is 1130. The van der Waals surface area contributed by atoms with Crippen LogP contribution in [0.1, 0.15) is 71.9 Å². The predicted octanol–water partition coefficient (Wildman–Crippen LogP) is 4.92. The topological polar surface area (TPSA) is 131 Å². The zero-order valence-electron chi connectivity index (χ0n) is 26.3. The van der Waals surface area contributed by atoms with Crippen molar-refractivity contribution in [2.45, 2.75) is 97.4 Å². The molecule has 3 aliphatic rings. The van der Waals surface area contributed by atoms with Crippen LogP contribution in [0.5, 0.6) is 0 Å². The van der Waals surface area contributed by atoms with Gasteiger partial charge in [0.1, 0.15) is 11.6 Å². The summed E-state index contributed by atoms with van der Waals surface area (Å²) in [6.45, 7) is 16.0. The number of carbonyl (C=O) groups is 4. The number of ether oxygens (including phenoxy) is 1. The highest BCUT2D eigenvalue weighted by atomic mass is 35.5. The lowest BCUT2D eigenvalue weighted by Crippen LogP contribution is -2.54. The van der Waals surface area contributed by atoms with Gasteiger partial charge in [-0.2, -0.15) is 0 Å². The van der Waals surface area contributed by atoms with Crippen LogP contribution in [0.25, 0.3) is 0 Å². The van der Waals surface area contributed by atoms with Crippen LogP contribution < -0.4 is 16.4 Å². The quantitative estimate of drug-likeness (QED) is 0.274. The molecule has 1 heterocycles. The Hall–Kier alpha value is -2.78. The molecule has 1 aromatic carbocycles. The second kappa shape index (κ2) is 16.3. The highest BCUT2D eigenvalue weighted by Crippen LogP contribution is 2.35. The summed E-state index contributed by atoms with van der Waals surface area (Å²) in [4.78, 5) is 51.2. The van der Waals surface area contributed by atoms with E-state index >= 15 is 0 Å². The molecule has 2 fully saturated rings. The molecular formula is C32H48Cl2N4O5.